The van der Waals surface area contributed by atoms with Crippen molar-refractivity contribution >= 4 is 17.8 Å². The van der Waals surface area contributed by atoms with Gasteiger partial charge in [0.1, 0.15) is 35.8 Å². The maximum atomic E-state index is 14.3. The summed E-state index contributed by atoms with van der Waals surface area (Å²) in [7, 11) is 0. The average molecular weight is 540 g/mol. The van der Waals surface area contributed by atoms with Crippen molar-refractivity contribution < 1.29 is 19.1 Å². The molecule has 0 spiro atoms. The largest absolute Gasteiger partial charge is 0.489 e. The molecule has 2 aliphatic rings. The van der Waals surface area contributed by atoms with Gasteiger partial charge in [-0.05, 0) is 70.0 Å². The molecule has 1 aliphatic carbocycles. The van der Waals surface area contributed by atoms with Crippen LogP contribution >= 0.6 is 0 Å². The molecular weight excluding hydrogens is 510 g/mol. The molecule has 3 aromatic heterocycles. The number of pyridine rings is 1. The molecule has 0 radical (unpaired) electrons. The second kappa shape index (κ2) is 10.1. The summed E-state index contributed by atoms with van der Waals surface area (Å²) in [5, 5.41) is 8.22. The van der Waals surface area contributed by atoms with Gasteiger partial charge in [-0.3, -0.25) is 4.79 Å². The molecule has 4 aromatic rings. The van der Waals surface area contributed by atoms with Gasteiger partial charge in [-0.15, -0.1) is 10.2 Å². The van der Waals surface area contributed by atoms with E-state index < -0.39 is 17.6 Å². The van der Waals surface area contributed by atoms with Crippen LogP contribution < -0.4 is 9.64 Å². The molecule has 1 saturated carbocycles. The van der Waals surface area contributed by atoms with Crippen LogP contribution in [-0.4, -0.2) is 53.5 Å². The highest BCUT2D eigenvalue weighted by atomic mass is 16.6. The van der Waals surface area contributed by atoms with Gasteiger partial charge in [-0.2, -0.15) is 4.90 Å². The Bertz CT molecular complexity index is 1610. The molecule has 1 aliphatic heterocycles. The Labute approximate surface area is 231 Å². The van der Waals surface area contributed by atoms with Crippen LogP contribution in [0.15, 0.2) is 67.4 Å². The molecular formula is C29H29N7O4. The van der Waals surface area contributed by atoms with Crippen molar-refractivity contribution in [1.29, 1.82) is 0 Å². The quantitative estimate of drug-likeness (QED) is 0.329. The highest BCUT2D eigenvalue weighted by Gasteiger charge is 2.33. The molecule has 1 fully saturated rings. The van der Waals surface area contributed by atoms with Gasteiger partial charge >= 0.3 is 6.09 Å². The maximum absolute atomic E-state index is 14.3. The molecule has 40 heavy (non-hydrogen) atoms. The molecule has 2 bridgehead atoms. The minimum atomic E-state index is -0.856. The number of amides is 2. The highest BCUT2D eigenvalue weighted by molar-refractivity contribution is 6.20. The summed E-state index contributed by atoms with van der Waals surface area (Å²) in [6.45, 7) is 5.92. The van der Waals surface area contributed by atoms with Crippen LogP contribution in [0.2, 0.25) is 0 Å². The van der Waals surface area contributed by atoms with E-state index in [1.54, 1.807) is 63.8 Å². The predicted octanol–water partition coefficient (Wildman–Crippen LogP) is 4.93. The summed E-state index contributed by atoms with van der Waals surface area (Å²) in [6.07, 6.45) is 10.5. The van der Waals surface area contributed by atoms with Gasteiger partial charge in [0.2, 0.25) is 0 Å². The van der Waals surface area contributed by atoms with Crippen molar-refractivity contribution in [2.45, 2.75) is 51.7 Å². The Morgan fingerprint density at radius 1 is 1.10 bits per heavy atom. The van der Waals surface area contributed by atoms with Crippen LogP contribution in [0.3, 0.4) is 0 Å². The number of fused-ring (bicyclic) bond motifs is 5. The summed E-state index contributed by atoms with van der Waals surface area (Å²) < 4.78 is 15.4. The second-order valence-electron chi connectivity index (χ2n) is 10.8. The molecule has 1 aromatic carbocycles. The Morgan fingerprint density at radius 2 is 1.95 bits per heavy atom. The number of rotatable bonds is 2. The van der Waals surface area contributed by atoms with Crippen molar-refractivity contribution in [3.8, 4) is 23.0 Å². The molecule has 11 heteroatoms. The second-order valence-corrected chi connectivity index (χ2v) is 10.8. The van der Waals surface area contributed by atoms with E-state index in [0.717, 1.165) is 23.4 Å². The van der Waals surface area contributed by atoms with Crippen molar-refractivity contribution in [2.75, 3.05) is 11.5 Å². The molecule has 2 amide bonds. The van der Waals surface area contributed by atoms with Crippen molar-refractivity contribution in [2.24, 2.45) is 0 Å². The number of hydrogen-bond donors (Lipinski definition) is 0. The highest BCUT2D eigenvalue weighted by Crippen LogP contribution is 2.39. The first-order chi connectivity index (χ1) is 19.3. The number of ether oxygens (including phenoxy) is 2. The number of aromatic nitrogens is 6. The lowest BCUT2D eigenvalue weighted by Gasteiger charge is -2.26. The molecule has 204 valence electrons. The lowest BCUT2D eigenvalue weighted by molar-refractivity contribution is 0.0562. The van der Waals surface area contributed by atoms with Crippen LogP contribution in [0.5, 0.6) is 5.75 Å². The first kappa shape index (κ1) is 25.5. The molecule has 11 nitrogen and oxygen atoms in total. The van der Waals surface area contributed by atoms with Gasteiger partial charge in [0.15, 0.2) is 5.82 Å². The number of carbonyl (C=O) groups is 2. The van der Waals surface area contributed by atoms with E-state index in [0.29, 0.717) is 35.4 Å². The number of allylic oxidation sites excluding steroid dienone is 1. The SMILES string of the molecule is CC(C)(C)OC(=O)N1C(=O)c2cc(-n3cnc(C4CC4)c3)ccc2OC/C=C/Cn2cnnc2-c2cccc1n2. The molecule has 4 heterocycles. The van der Waals surface area contributed by atoms with Crippen LogP contribution in [0.25, 0.3) is 17.2 Å². The van der Waals surface area contributed by atoms with Crippen LogP contribution in [-0.2, 0) is 11.3 Å². The van der Waals surface area contributed by atoms with Crippen LogP contribution in [0.1, 0.15) is 55.6 Å². The van der Waals surface area contributed by atoms with Gasteiger partial charge in [-0.1, -0.05) is 12.1 Å². The first-order valence-electron chi connectivity index (χ1n) is 13.2. The van der Waals surface area contributed by atoms with Gasteiger partial charge < -0.3 is 18.6 Å². The molecule has 0 N–H and O–H groups in total. The number of benzene rings is 1. The topological polar surface area (TPSA) is 117 Å². The van der Waals surface area contributed by atoms with Gasteiger partial charge in [-0.25, -0.2) is 14.8 Å². The van der Waals surface area contributed by atoms with Crippen LogP contribution in [0, 0.1) is 0 Å². The molecule has 6 rings (SSSR count). The predicted molar refractivity (Wildman–Crippen MR) is 146 cm³/mol. The van der Waals surface area contributed by atoms with E-state index in [-0.39, 0.29) is 18.0 Å². The number of hydrogen-bond acceptors (Lipinski definition) is 8. The van der Waals surface area contributed by atoms with Crippen LogP contribution in [0.4, 0.5) is 10.6 Å². The number of carbonyl (C=O) groups excluding carboxylic acids is 2. The lowest BCUT2D eigenvalue weighted by Crippen LogP contribution is -2.41. The first-order valence-corrected chi connectivity index (χ1v) is 13.2. The number of imidazole rings is 1. The van der Waals surface area contributed by atoms with E-state index >= 15 is 0 Å². The smallest absolute Gasteiger partial charge is 0.423 e. The van der Waals surface area contributed by atoms with Crippen molar-refractivity contribution in [1.82, 2.24) is 29.3 Å². The average Bonchev–Trinajstić information content (AvgIpc) is 3.45. The fourth-order valence-corrected chi connectivity index (χ4v) is 4.40. The third-order valence-electron chi connectivity index (χ3n) is 6.48. The zero-order chi connectivity index (χ0) is 27.9. The van der Waals surface area contributed by atoms with E-state index in [1.807, 2.05) is 33.5 Å². The third kappa shape index (κ3) is 5.22. The fourth-order valence-electron chi connectivity index (χ4n) is 4.40. The zero-order valence-electron chi connectivity index (χ0n) is 22.5. The van der Waals surface area contributed by atoms with Crippen molar-refractivity contribution in [3.05, 3.63) is 78.7 Å². The van der Waals surface area contributed by atoms with E-state index in [1.165, 1.54) is 0 Å². The van der Waals surface area contributed by atoms with E-state index in [9.17, 15) is 9.59 Å². The molecule has 0 saturated heterocycles. The standard InChI is InChI=1S/C29H29N7O4/c1-29(2,3)40-28(38)36-25-8-6-7-22(32-25)26-33-31-18-34(26)13-4-5-14-39-24-12-11-20(15-21(24)27(36)37)35-16-23(30-17-35)19-9-10-19/h4-8,11-12,15-19H,9-10,13-14H2,1-3H3/b5-4+. The zero-order valence-corrected chi connectivity index (χ0v) is 22.5. The summed E-state index contributed by atoms with van der Waals surface area (Å²) in [5.74, 6) is 0.764. The van der Waals surface area contributed by atoms with E-state index in [4.69, 9.17) is 9.47 Å². The number of imide groups is 1. The van der Waals surface area contributed by atoms with Gasteiger partial charge in [0.25, 0.3) is 5.91 Å². The number of anilines is 1. The van der Waals surface area contributed by atoms with E-state index in [2.05, 4.69) is 20.2 Å². The minimum Gasteiger partial charge on any atom is -0.489 e. The number of nitrogens with zero attached hydrogens (tertiary/aromatic N) is 7. The maximum Gasteiger partial charge on any atom is 0.423 e. The van der Waals surface area contributed by atoms with Gasteiger partial charge in [0.05, 0.1) is 17.6 Å². The Hall–Kier alpha value is -4.80. The Morgan fingerprint density at radius 3 is 2.75 bits per heavy atom. The fraction of sp³-hybridized carbons (Fsp3) is 0.310. The summed E-state index contributed by atoms with van der Waals surface area (Å²) >= 11 is 0. The Balaban J connectivity index is 1.48. The third-order valence-corrected chi connectivity index (χ3v) is 6.48. The normalized spacial score (nSPS) is 16.4. The summed E-state index contributed by atoms with van der Waals surface area (Å²) in [4.78, 5) is 37.9. The summed E-state index contributed by atoms with van der Waals surface area (Å²) in [5.41, 5.74) is 1.53. The monoisotopic (exact) mass is 539 g/mol. The lowest BCUT2D eigenvalue weighted by atomic mass is 10.1. The Kier molecular flexibility index (Phi) is 6.41. The minimum absolute atomic E-state index is 0.0916. The van der Waals surface area contributed by atoms with Crippen molar-refractivity contribution in [3.63, 3.8) is 0 Å². The molecule has 0 atom stereocenters. The molecule has 0 unspecified atom stereocenters. The van der Waals surface area contributed by atoms with Gasteiger partial charge in [0, 0.05) is 24.3 Å². The summed E-state index contributed by atoms with van der Waals surface area (Å²) in [6, 6.07) is 10.3.